The van der Waals surface area contributed by atoms with Crippen molar-refractivity contribution in [3.8, 4) is 0 Å². The second-order valence-electron chi connectivity index (χ2n) is 4.59. The van der Waals surface area contributed by atoms with Crippen LogP contribution in [0.4, 0.5) is 13.2 Å². The first-order chi connectivity index (χ1) is 9.96. The molecular weight excluding hydrogens is 285 g/mol. The van der Waals surface area contributed by atoms with Crippen molar-refractivity contribution in [2.45, 2.75) is 52.3 Å². The smallest absolute Gasteiger partial charge is 0.386 e. The maximum atomic E-state index is 11.8. The monoisotopic (exact) mass is 312 g/mol. The maximum absolute atomic E-state index is 11.8. The van der Waals surface area contributed by atoms with Crippen LogP contribution in [0.3, 0.4) is 0 Å². The molecule has 2 rings (SSSR count). The number of halogens is 3. The normalized spacial score (nSPS) is 23.0. The average molecular weight is 312 g/mol. The van der Waals surface area contributed by atoms with Gasteiger partial charge in [0.25, 0.3) is 0 Å². The van der Waals surface area contributed by atoms with Crippen molar-refractivity contribution in [1.82, 2.24) is 4.90 Å². The summed E-state index contributed by atoms with van der Waals surface area (Å²) in [6.07, 6.45) is -1.23. The lowest BCUT2D eigenvalue weighted by Crippen LogP contribution is -2.22. The van der Waals surface area contributed by atoms with Crippen LogP contribution in [0.5, 0.6) is 0 Å². The van der Waals surface area contributed by atoms with Crippen molar-refractivity contribution in [2.75, 3.05) is 33.4 Å². The highest BCUT2D eigenvalue weighted by molar-refractivity contribution is 5.88. The molecule has 0 amide bonds. The molecule has 2 aliphatic rings. The van der Waals surface area contributed by atoms with Gasteiger partial charge in [-0.2, -0.15) is 13.2 Å². The summed E-state index contributed by atoms with van der Waals surface area (Å²) in [4.78, 5) is 6.53. The van der Waals surface area contributed by atoms with Gasteiger partial charge in [-0.05, 0) is 26.3 Å². The number of hydrogen-bond acceptors (Lipinski definition) is 4. The number of ether oxygens (including phenoxy) is 1. The summed E-state index contributed by atoms with van der Waals surface area (Å²) < 4.78 is 39.8. The van der Waals surface area contributed by atoms with Crippen molar-refractivity contribution in [3.05, 3.63) is 0 Å². The molecule has 0 aromatic rings. The van der Waals surface area contributed by atoms with Crippen LogP contribution in [0.15, 0.2) is 5.16 Å². The summed E-state index contributed by atoms with van der Waals surface area (Å²) in [6.45, 7) is 7.19. The van der Waals surface area contributed by atoms with Gasteiger partial charge in [0.05, 0.1) is 5.71 Å². The molecular formula is C14H27F3N2O2. The number of alkyl halides is 3. The van der Waals surface area contributed by atoms with Gasteiger partial charge in [-0.15, -0.1) is 0 Å². The number of fused-ring (bicyclic) bond motifs is 1. The van der Waals surface area contributed by atoms with E-state index in [1.54, 1.807) is 7.11 Å². The molecule has 0 saturated carbocycles. The Kier molecular flexibility index (Phi) is 10.4. The predicted octanol–water partition coefficient (Wildman–Crippen LogP) is 3.47. The minimum Gasteiger partial charge on any atom is -0.386 e. The minimum absolute atomic E-state index is 0.484. The van der Waals surface area contributed by atoms with E-state index in [-0.39, 0.29) is 0 Å². The topological polar surface area (TPSA) is 34.1 Å². The zero-order valence-electron chi connectivity index (χ0n) is 13.4. The molecule has 2 fully saturated rings. The van der Waals surface area contributed by atoms with Crippen molar-refractivity contribution in [3.63, 3.8) is 0 Å². The summed E-state index contributed by atoms with van der Waals surface area (Å²) in [5, 5.41) is 3.55. The molecule has 21 heavy (non-hydrogen) atoms. The molecule has 1 unspecified atom stereocenters. The van der Waals surface area contributed by atoms with Crippen molar-refractivity contribution in [2.24, 2.45) is 5.16 Å². The quantitative estimate of drug-likeness (QED) is 0.748. The Labute approximate surface area is 125 Å². The Balaban J connectivity index is 0.000000579. The second-order valence-corrected chi connectivity index (χ2v) is 4.59. The van der Waals surface area contributed by atoms with E-state index in [4.69, 9.17) is 0 Å². The van der Waals surface area contributed by atoms with Gasteiger partial charge in [0.15, 0.2) is 0 Å². The third-order valence-electron chi connectivity index (χ3n) is 3.07. The summed E-state index contributed by atoms with van der Waals surface area (Å²) in [7, 11) is 1.68. The second kappa shape index (κ2) is 10.8. The van der Waals surface area contributed by atoms with Crippen molar-refractivity contribution < 1.29 is 22.7 Å². The molecule has 0 aromatic heterocycles. The van der Waals surface area contributed by atoms with Crippen LogP contribution in [0.1, 0.15) is 40.0 Å². The van der Waals surface area contributed by atoms with Gasteiger partial charge in [-0.25, -0.2) is 0 Å². The largest absolute Gasteiger partial charge is 0.425 e. The molecule has 2 saturated heterocycles. The van der Waals surface area contributed by atoms with E-state index in [2.05, 4.69) is 19.6 Å². The third kappa shape index (κ3) is 8.93. The van der Waals surface area contributed by atoms with Gasteiger partial charge in [0, 0.05) is 32.7 Å². The molecule has 4 nitrogen and oxygen atoms in total. The van der Waals surface area contributed by atoms with Gasteiger partial charge in [-0.1, -0.05) is 19.0 Å². The van der Waals surface area contributed by atoms with Gasteiger partial charge in [0.1, 0.15) is 0 Å². The minimum atomic E-state index is -4.29. The molecule has 0 spiro atoms. The fraction of sp³-hybridized carbons (Fsp3) is 0.929. The van der Waals surface area contributed by atoms with E-state index in [1.165, 1.54) is 6.42 Å². The summed E-state index contributed by atoms with van der Waals surface area (Å²) in [5.74, 6) is 0. The zero-order chi connectivity index (χ0) is 16.3. The molecule has 0 aromatic carbocycles. The molecule has 0 radical (unpaired) electrons. The lowest BCUT2D eigenvalue weighted by Gasteiger charge is -2.11. The highest BCUT2D eigenvalue weighted by Crippen LogP contribution is 2.26. The van der Waals surface area contributed by atoms with Crippen LogP contribution in [-0.4, -0.2) is 56.2 Å². The number of rotatable bonds is 3. The van der Waals surface area contributed by atoms with Crippen LogP contribution >= 0.6 is 0 Å². The SMILES string of the molecule is CC.CCOC.FC(F)(F)CO/N=C1/CC2CCCN2C1. The van der Waals surface area contributed by atoms with Crippen LogP contribution in [0, 0.1) is 0 Å². The number of hydrogen-bond donors (Lipinski definition) is 0. The van der Waals surface area contributed by atoms with E-state index in [0.29, 0.717) is 12.6 Å². The first-order valence-corrected chi connectivity index (χ1v) is 7.43. The van der Waals surface area contributed by atoms with Crippen molar-refractivity contribution in [1.29, 1.82) is 0 Å². The Morgan fingerprint density at radius 1 is 1.33 bits per heavy atom. The summed E-state index contributed by atoms with van der Waals surface area (Å²) in [6, 6.07) is 0.484. The summed E-state index contributed by atoms with van der Waals surface area (Å²) in [5.41, 5.74) is 0.740. The molecule has 2 heterocycles. The Hall–Kier alpha value is -0.820. The molecule has 0 N–H and O–H groups in total. The van der Waals surface area contributed by atoms with E-state index < -0.39 is 12.8 Å². The van der Waals surface area contributed by atoms with Gasteiger partial charge >= 0.3 is 6.18 Å². The number of oxime groups is 1. The fourth-order valence-electron chi connectivity index (χ4n) is 2.17. The average Bonchev–Trinajstić information content (AvgIpc) is 3.01. The standard InChI is InChI=1S/C9H13F3N2O.C3H8O.C2H6/c10-9(11,12)6-15-13-7-4-8-2-1-3-14(8)5-7;1-3-4-2;1-2/h8H,1-6H2;3H2,1-2H3;1-2H3/b13-7-;;. The molecule has 126 valence electrons. The molecule has 7 heteroatoms. The first-order valence-electron chi connectivity index (χ1n) is 7.43. The van der Waals surface area contributed by atoms with Crippen molar-refractivity contribution >= 4 is 5.71 Å². The Bertz CT molecular complexity index is 280. The molecule has 2 aliphatic heterocycles. The highest BCUT2D eigenvalue weighted by Gasteiger charge is 2.33. The zero-order valence-corrected chi connectivity index (χ0v) is 13.4. The van der Waals surface area contributed by atoms with Gasteiger partial charge in [0.2, 0.25) is 6.61 Å². The maximum Gasteiger partial charge on any atom is 0.425 e. The van der Waals surface area contributed by atoms with E-state index in [9.17, 15) is 13.2 Å². The van der Waals surface area contributed by atoms with Gasteiger partial charge < -0.3 is 9.57 Å². The van der Waals surface area contributed by atoms with E-state index in [0.717, 1.165) is 31.7 Å². The molecule has 1 atom stereocenters. The summed E-state index contributed by atoms with van der Waals surface area (Å²) >= 11 is 0. The van der Waals surface area contributed by atoms with Crippen LogP contribution < -0.4 is 0 Å². The molecule has 0 aliphatic carbocycles. The van der Waals surface area contributed by atoms with Crippen LogP contribution in [0.25, 0.3) is 0 Å². The molecule has 0 bridgehead atoms. The lowest BCUT2D eigenvalue weighted by atomic mass is 10.1. The fourth-order valence-corrected chi connectivity index (χ4v) is 2.17. The van der Waals surface area contributed by atoms with Crippen LogP contribution in [-0.2, 0) is 9.57 Å². The highest BCUT2D eigenvalue weighted by atomic mass is 19.4. The third-order valence-corrected chi connectivity index (χ3v) is 3.07. The lowest BCUT2D eigenvalue weighted by molar-refractivity contribution is -0.173. The predicted molar refractivity (Wildman–Crippen MR) is 77.6 cm³/mol. The number of methoxy groups -OCH3 is 1. The first kappa shape index (κ1) is 20.2. The van der Waals surface area contributed by atoms with Crippen LogP contribution in [0.2, 0.25) is 0 Å². The Morgan fingerprint density at radius 3 is 2.43 bits per heavy atom. The van der Waals surface area contributed by atoms with E-state index in [1.807, 2.05) is 20.8 Å². The number of nitrogens with zero attached hydrogens (tertiary/aromatic N) is 2. The van der Waals surface area contributed by atoms with Gasteiger partial charge in [-0.3, -0.25) is 4.90 Å². The van der Waals surface area contributed by atoms with E-state index >= 15 is 0 Å². The Morgan fingerprint density at radius 2 is 1.95 bits per heavy atom.